The molecule has 29 heavy (non-hydrogen) atoms. The van der Waals surface area contributed by atoms with Crippen molar-refractivity contribution in [2.45, 2.75) is 25.6 Å². The molecule has 2 aromatic carbocycles. The van der Waals surface area contributed by atoms with E-state index in [1.165, 1.54) is 30.0 Å². The number of hydrogen-bond acceptors (Lipinski definition) is 7. The number of nitro groups is 1. The maximum absolute atomic E-state index is 12.4. The molecule has 0 aliphatic carbocycles. The van der Waals surface area contributed by atoms with Crippen LogP contribution in [0.15, 0.2) is 47.6 Å². The summed E-state index contributed by atoms with van der Waals surface area (Å²) in [6.07, 6.45) is 0. The molecular weight excluding hydrogens is 392 g/mol. The van der Waals surface area contributed by atoms with Crippen LogP contribution in [0.4, 0.5) is 5.69 Å². The largest absolute Gasteiger partial charge is 0.485 e. The Kier molecular flexibility index (Phi) is 6.28. The van der Waals surface area contributed by atoms with Crippen LogP contribution in [-0.4, -0.2) is 31.2 Å². The van der Waals surface area contributed by atoms with Gasteiger partial charge in [-0.1, -0.05) is 36.0 Å². The molecule has 0 saturated heterocycles. The van der Waals surface area contributed by atoms with Crippen molar-refractivity contribution in [2.75, 3.05) is 5.75 Å². The first kappa shape index (κ1) is 20.5. The molecule has 150 valence electrons. The lowest BCUT2D eigenvalue weighted by Crippen LogP contribution is -2.07. The van der Waals surface area contributed by atoms with Crippen LogP contribution in [-0.2, 0) is 13.7 Å². The maximum atomic E-state index is 12.4. The normalized spacial score (nSPS) is 10.7. The Labute approximate surface area is 172 Å². The van der Waals surface area contributed by atoms with Gasteiger partial charge >= 0.3 is 0 Å². The number of nitrogens with zero attached hydrogens (tertiary/aromatic N) is 4. The smallest absolute Gasteiger partial charge is 0.270 e. The summed E-state index contributed by atoms with van der Waals surface area (Å²) in [5.74, 6) is 1.32. The van der Waals surface area contributed by atoms with Gasteiger partial charge in [-0.05, 0) is 31.0 Å². The zero-order chi connectivity index (χ0) is 21.0. The Hall–Kier alpha value is -3.20. The summed E-state index contributed by atoms with van der Waals surface area (Å²) in [6.45, 7) is 4.24. The third kappa shape index (κ3) is 5.00. The summed E-state index contributed by atoms with van der Waals surface area (Å²) in [6, 6.07) is 11.7. The Morgan fingerprint density at radius 2 is 2.00 bits per heavy atom. The highest BCUT2D eigenvalue weighted by molar-refractivity contribution is 7.99. The fourth-order valence-corrected chi connectivity index (χ4v) is 3.43. The van der Waals surface area contributed by atoms with Crippen LogP contribution >= 0.6 is 11.8 Å². The molecule has 1 aromatic heterocycles. The average molecular weight is 412 g/mol. The topological polar surface area (TPSA) is 100 Å². The van der Waals surface area contributed by atoms with Crippen LogP contribution in [0.25, 0.3) is 0 Å². The first-order chi connectivity index (χ1) is 13.8. The molecule has 0 bridgehead atoms. The van der Waals surface area contributed by atoms with E-state index in [2.05, 4.69) is 10.2 Å². The van der Waals surface area contributed by atoms with Crippen LogP contribution in [0.5, 0.6) is 5.75 Å². The molecule has 8 nitrogen and oxygen atoms in total. The Morgan fingerprint density at radius 3 is 2.76 bits per heavy atom. The minimum atomic E-state index is -0.519. The number of Topliss-reactive ketones (excluding diaryl/α,β-unsaturated/α-hetero) is 1. The summed E-state index contributed by atoms with van der Waals surface area (Å²) < 4.78 is 7.64. The third-order valence-electron chi connectivity index (χ3n) is 4.34. The monoisotopic (exact) mass is 412 g/mol. The molecule has 0 spiro atoms. The van der Waals surface area contributed by atoms with Gasteiger partial charge in [-0.3, -0.25) is 14.9 Å². The van der Waals surface area contributed by atoms with E-state index < -0.39 is 4.92 Å². The van der Waals surface area contributed by atoms with Crippen molar-refractivity contribution in [3.8, 4) is 5.75 Å². The molecule has 0 amide bonds. The number of carbonyl (C=O) groups excluding carboxylic acids is 1. The number of nitro benzene ring substituents is 1. The molecule has 0 radical (unpaired) electrons. The number of rotatable bonds is 8. The van der Waals surface area contributed by atoms with E-state index in [0.29, 0.717) is 16.5 Å². The van der Waals surface area contributed by atoms with Gasteiger partial charge in [0.05, 0.1) is 10.7 Å². The molecule has 3 aromatic rings. The minimum Gasteiger partial charge on any atom is -0.485 e. The molecule has 0 saturated carbocycles. The quantitative estimate of drug-likeness (QED) is 0.239. The zero-order valence-electron chi connectivity index (χ0n) is 16.3. The van der Waals surface area contributed by atoms with Gasteiger partial charge in [0.2, 0.25) is 0 Å². The van der Waals surface area contributed by atoms with E-state index in [1.807, 2.05) is 39.1 Å². The number of carbonyl (C=O) groups is 1. The van der Waals surface area contributed by atoms with Crippen molar-refractivity contribution in [1.82, 2.24) is 14.8 Å². The fourth-order valence-electron chi connectivity index (χ4n) is 2.61. The average Bonchev–Trinajstić information content (AvgIpc) is 3.06. The third-order valence-corrected chi connectivity index (χ3v) is 5.36. The Balaban J connectivity index is 1.62. The van der Waals surface area contributed by atoms with Gasteiger partial charge in [0.15, 0.2) is 16.8 Å². The molecular formula is C20H20N4O4S. The predicted molar refractivity (Wildman–Crippen MR) is 109 cm³/mol. The van der Waals surface area contributed by atoms with E-state index in [1.54, 1.807) is 10.6 Å². The Morgan fingerprint density at radius 1 is 1.21 bits per heavy atom. The van der Waals surface area contributed by atoms with Gasteiger partial charge in [-0.15, -0.1) is 10.2 Å². The molecule has 1 heterocycles. The van der Waals surface area contributed by atoms with E-state index in [0.717, 1.165) is 16.9 Å². The standard InChI is InChI=1S/C20H20N4O4S/c1-13-7-8-14(2)18(9-13)28-11-19-21-22-20(23(19)3)29-12-17(25)15-5-4-6-16(10-15)24(26)27/h4-10H,11-12H2,1-3H3. The first-order valence-corrected chi connectivity index (χ1v) is 9.82. The molecule has 9 heteroatoms. The van der Waals surface area contributed by atoms with Crippen LogP contribution in [0.1, 0.15) is 27.3 Å². The van der Waals surface area contributed by atoms with Crippen LogP contribution in [0.2, 0.25) is 0 Å². The van der Waals surface area contributed by atoms with Crippen molar-refractivity contribution in [2.24, 2.45) is 7.05 Å². The number of thioether (sulfide) groups is 1. The number of ether oxygens (including phenoxy) is 1. The van der Waals surface area contributed by atoms with Crippen molar-refractivity contribution < 1.29 is 14.5 Å². The van der Waals surface area contributed by atoms with Gasteiger partial charge in [-0.2, -0.15) is 0 Å². The predicted octanol–water partition coefficient (Wildman–Crippen LogP) is 3.89. The van der Waals surface area contributed by atoms with E-state index in [4.69, 9.17) is 4.74 Å². The summed E-state index contributed by atoms with van der Waals surface area (Å²) in [4.78, 5) is 22.7. The summed E-state index contributed by atoms with van der Waals surface area (Å²) in [5, 5.41) is 19.7. The van der Waals surface area contributed by atoms with E-state index >= 15 is 0 Å². The molecule has 0 aliphatic rings. The SMILES string of the molecule is Cc1ccc(C)c(OCc2nnc(SCC(=O)c3cccc([N+](=O)[O-])c3)n2C)c1. The molecule has 0 unspecified atom stereocenters. The lowest BCUT2D eigenvalue weighted by atomic mass is 10.1. The van der Waals surface area contributed by atoms with Gasteiger partial charge in [-0.25, -0.2) is 0 Å². The number of ketones is 1. The molecule has 0 aliphatic heterocycles. The zero-order valence-corrected chi connectivity index (χ0v) is 17.1. The second-order valence-electron chi connectivity index (χ2n) is 6.53. The van der Waals surface area contributed by atoms with Gasteiger partial charge < -0.3 is 9.30 Å². The highest BCUT2D eigenvalue weighted by atomic mass is 32.2. The number of aromatic nitrogens is 3. The molecule has 0 atom stereocenters. The van der Waals surface area contributed by atoms with Crippen molar-refractivity contribution in [3.05, 3.63) is 75.1 Å². The highest BCUT2D eigenvalue weighted by Crippen LogP contribution is 2.22. The molecule has 0 N–H and O–H groups in total. The van der Waals surface area contributed by atoms with Gasteiger partial charge in [0, 0.05) is 24.7 Å². The maximum Gasteiger partial charge on any atom is 0.270 e. The molecule has 0 fully saturated rings. The summed E-state index contributed by atoms with van der Waals surface area (Å²) >= 11 is 1.23. The number of hydrogen-bond donors (Lipinski definition) is 0. The summed E-state index contributed by atoms with van der Waals surface area (Å²) in [7, 11) is 1.81. The second kappa shape index (κ2) is 8.87. The van der Waals surface area contributed by atoms with Crippen LogP contribution < -0.4 is 4.74 Å². The lowest BCUT2D eigenvalue weighted by Gasteiger charge is -2.09. The number of non-ortho nitro benzene ring substituents is 1. The second-order valence-corrected chi connectivity index (χ2v) is 7.48. The van der Waals surface area contributed by atoms with E-state index in [9.17, 15) is 14.9 Å². The van der Waals surface area contributed by atoms with Crippen LogP contribution in [0.3, 0.4) is 0 Å². The van der Waals surface area contributed by atoms with Crippen molar-refractivity contribution in [1.29, 1.82) is 0 Å². The van der Waals surface area contributed by atoms with Crippen molar-refractivity contribution >= 4 is 23.2 Å². The fraction of sp³-hybridized carbons (Fsp3) is 0.250. The van der Waals surface area contributed by atoms with Gasteiger partial charge in [0.25, 0.3) is 5.69 Å². The minimum absolute atomic E-state index is 0.102. The van der Waals surface area contributed by atoms with E-state index in [-0.39, 0.29) is 23.8 Å². The first-order valence-electron chi connectivity index (χ1n) is 8.84. The number of aryl methyl sites for hydroxylation is 2. The van der Waals surface area contributed by atoms with Crippen LogP contribution in [0, 0.1) is 24.0 Å². The number of benzene rings is 2. The highest BCUT2D eigenvalue weighted by Gasteiger charge is 2.15. The van der Waals surface area contributed by atoms with Crippen molar-refractivity contribution in [3.63, 3.8) is 0 Å². The lowest BCUT2D eigenvalue weighted by molar-refractivity contribution is -0.384. The summed E-state index contributed by atoms with van der Waals surface area (Å²) in [5.41, 5.74) is 2.34. The Bertz CT molecular complexity index is 1060. The molecule has 3 rings (SSSR count). The van der Waals surface area contributed by atoms with Gasteiger partial charge in [0.1, 0.15) is 12.4 Å².